The SMILES string of the molecule is O=S(=O)(NCc1ccon1)c1ccc(C#CCCO)cc1. The van der Waals surface area contributed by atoms with E-state index in [1.54, 1.807) is 18.2 Å². The van der Waals surface area contributed by atoms with E-state index in [2.05, 4.69) is 26.2 Å². The Kier molecular flexibility index (Phi) is 5.11. The number of sulfonamides is 1. The first-order valence-electron chi connectivity index (χ1n) is 6.20. The predicted molar refractivity (Wildman–Crippen MR) is 75.6 cm³/mol. The van der Waals surface area contributed by atoms with Gasteiger partial charge in [0.25, 0.3) is 0 Å². The second-order valence-electron chi connectivity index (χ2n) is 4.12. The molecule has 0 saturated carbocycles. The molecule has 0 amide bonds. The van der Waals surface area contributed by atoms with Gasteiger partial charge in [-0.2, -0.15) is 0 Å². The molecule has 6 nitrogen and oxygen atoms in total. The highest BCUT2D eigenvalue weighted by atomic mass is 32.2. The molecule has 2 N–H and O–H groups in total. The lowest BCUT2D eigenvalue weighted by Gasteiger charge is -2.05. The highest BCUT2D eigenvalue weighted by Gasteiger charge is 2.13. The number of nitrogens with one attached hydrogen (secondary N) is 1. The molecule has 0 aliphatic carbocycles. The van der Waals surface area contributed by atoms with Gasteiger partial charge in [-0.05, 0) is 24.3 Å². The van der Waals surface area contributed by atoms with Crippen LogP contribution < -0.4 is 4.72 Å². The van der Waals surface area contributed by atoms with Crippen molar-refractivity contribution in [2.45, 2.75) is 17.9 Å². The molecule has 0 radical (unpaired) electrons. The van der Waals surface area contributed by atoms with E-state index in [-0.39, 0.29) is 18.0 Å². The van der Waals surface area contributed by atoms with E-state index in [4.69, 9.17) is 5.11 Å². The van der Waals surface area contributed by atoms with E-state index >= 15 is 0 Å². The van der Waals surface area contributed by atoms with Crippen molar-refractivity contribution in [3.63, 3.8) is 0 Å². The van der Waals surface area contributed by atoms with E-state index in [1.807, 2.05) is 0 Å². The first-order valence-corrected chi connectivity index (χ1v) is 7.69. The number of hydrogen-bond acceptors (Lipinski definition) is 5. The van der Waals surface area contributed by atoms with Crippen LogP contribution in [0.1, 0.15) is 17.7 Å². The molecular formula is C14H14N2O4S. The molecular weight excluding hydrogens is 292 g/mol. The highest BCUT2D eigenvalue weighted by Crippen LogP contribution is 2.10. The molecule has 2 rings (SSSR count). The summed E-state index contributed by atoms with van der Waals surface area (Å²) in [5.41, 5.74) is 1.20. The maximum Gasteiger partial charge on any atom is 0.240 e. The molecule has 1 aromatic carbocycles. The molecule has 0 fully saturated rings. The molecule has 0 spiro atoms. The lowest BCUT2D eigenvalue weighted by molar-refractivity contribution is 0.305. The molecule has 1 heterocycles. The Morgan fingerprint density at radius 1 is 1.24 bits per heavy atom. The van der Waals surface area contributed by atoms with E-state index in [0.29, 0.717) is 17.7 Å². The Morgan fingerprint density at radius 3 is 2.62 bits per heavy atom. The van der Waals surface area contributed by atoms with Crippen LogP contribution in [0.4, 0.5) is 0 Å². The van der Waals surface area contributed by atoms with Crippen molar-refractivity contribution >= 4 is 10.0 Å². The number of benzene rings is 1. The molecule has 0 saturated heterocycles. The predicted octanol–water partition coefficient (Wildman–Crippen LogP) is 0.887. The molecule has 21 heavy (non-hydrogen) atoms. The second-order valence-corrected chi connectivity index (χ2v) is 5.88. The number of aliphatic hydroxyl groups excluding tert-OH is 1. The summed E-state index contributed by atoms with van der Waals surface area (Å²) in [6.45, 7) is 0.0717. The Labute approximate surface area is 122 Å². The molecule has 2 aromatic rings. The molecule has 110 valence electrons. The zero-order valence-electron chi connectivity index (χ0n) is 11.1. The van der Waals surface area contributed by atoms with Crippen LogP contribution in [0.5, 0.6) is 0 Å². The van der Waals surface area contributed by atoms with Crippen molar-refractivity contribution in [1.82, 2.24) is 9.88 Å². The molecule has 0 atom stereocenters. The molecule has 0 aliphatic heterocycles. The van der Waals surface area contributed by atoms with Gasteiger partial charge in [-0.15, -0.1) is 0 Å². The van der Waals surface area contributed by atoms with Crippen LogP contribution in [0.25, 0.3) is 0 Å². The van der Waals surface area contributed by atoms with E-state index in [9.17, 15) is 8.42 Å². The fraction of sp³-hybridized carbons (Fsp3) is 0.214. The minimum Gasteiger partial charge on any atom is -0.395 e. The van der Waals surface area contributed by atoms with E-state index in [1.165, 1.54) is 18.4 Å². The quantitative estimate of drug-likeness (QED) is 0.800. The Hall–Kier alpha value is -2.14. The lowest BCUT2D eigenvalue weighted by Crippen LogP contribution is -2.23. The fourth-order valence-corrected chi connectivity index (χ4v) is 2.52. The number of hydrogen-bond donors (Lipinski definition) is 2. The summed E-state index contributed by atoms with van der Waals surface area (Å²) in [5.74, 6) is 5.60. The lowest BCUT2D eigenvalue weighted by atomic mass is 10.2. The van der Waals surface area contributed by atoms with Crippen molar-refractivity contribution in [2.75, 3.05) is 6.61 Å². The molecule has 7 heteroatoms. The van der Waals surface area contributed by atoms with E-state index in [0.717, 1.165) is 0 Å². The summed E-state index contributed by atoms with van der Waals surface area (Å²) in [4.78, 5) is 0.152. The number of nitrogens with zero attached hydrogens (tertiary/aromatic N) is 1. The first kappa shape index (κ1) is 15.3. The first-order chi connectivity index (χ1) is 10.1. The maximum absolute atomic E-state index is 12.1. The average molecular weight is 306 g/mol. The third-order valence-corrected chi connectivity index (χ3v) is 3.99. The second kappa shape index (κ2) is 7.04. The average Bonchev–Trinajstić information content (AvgIpc) is 3.00. The maximum atomic E-state index is 12.1. The van der Waals surface area contributed by atoms with E-state index < -0.39 is 10.0 Å². The Bertz CT molecular complexity index is 726. The van der Waals surface area contributed by atoms with Crippen LogP contribution in [-0.4, -0.2) is 25.3 Å². The molecule has 0 aliphatic rings. The largest absolute Gasteiger partial charge is 0.395 e. The summed E-state index contributed by atoms with van der Waals surface area (Å²) in [6, 6.07) is 7.79. The van der Waals surface area contributed by atoms with Gasteiger partial charge in [-0.25, -0.2) is 13.1 Å². The number of aliphatic hydroxyl groups is 1. The number of aromatic nitrogens is 1. The van der Waals surface area contributed by atoms with Crippen molar-refractivity contribution in [1.29, 1.82) is 0 Å². The fourth-order valence-electron chi connectivity index (χ4n) is 1.52. The number of rotatable bonds is 5. The van der Waals surface area contributed by atoms with Crippen molar-refractivity contribution in [3.05, 3.63) is 47.9 Å². The van der Waals surface area contributed by atoms with Gasteiger partial charge in [0.2, 0.25) is 10.0 Å². The third-order valence-electron chi connectivity index (χ3n) is 2.57. The summed E-state index contributed by atoms with van der Waals surface area (Å²) in [6.07, 6.45) is 1.77. The minimum absolute atomic E-state index is 0.00539. The van der Waals surface area contributed by atoms with Gasteiger partial charge >= 0.3 is 0 Å². The standard InChI is InChI=1S/C14H14N2O4S/c17-9-2-1-3-12-4-6-14(7-5-12)21(18,19)15-11-13-8-10-20-16-13/h4-8,10,15,17H,2,9,11H2. The van der Waals surface area contributed by atoms with Crippen LogP contribution in [0, 0.1) is 11.8 Å². The smallest absolute Gasteiger partial charge is 0.240 e. The van der Waals surface area contributed by atoms with Crippen LogP contribution in [0.15, 0.2) is 46.0 Å². The van der Waals surface area contributed by atoms with Gasteiger partial charge in [0.1, 0.15) is 6.26 Å². The van der Waals surface area contributed by atoms with Crippen molar-refractivity contribution < 1.29 is 18.0 Å². The highest BCUT2D eigenvalue weighted by molar-refractivity contribution is 7.89. The van der Waals surface area contributed by atoms with Crippen LogP contribution in [0.2, 0.25) is 0 Å². The summed E-state index contributed by atoms with van der Waals surface area (Å²) in [5, 5.41) is 12.3. The van der Waals surface area contributed by atoms with Crippen molar-refractivity contribution in [3.8, 4) is 11.8 Å². The van der Waals surface area contributed by atoms with Gasteiger partial charge in [0, 0.05) is 18.1 Å². The van der Waals surface area contributed by atoms with Crippen LogP contribution >= 0.6 is 0 Å². The van der Waals surface area contributed by atoms with Gasteiger partial charge in [0.05, 0.1) is 23.7 Å². The Morgan fingerprint density at radius 2 is 2.00 bits per heavy atom. The van der Waals surface area contributed by atoms with Crippen molar-refractivity contribution in [2.24, 2.45) is 0 Å². The van der Waals surface area contributed by atoms with Crippen LogP contribution in [-0.2, 0) is 16.6 Å². The van der Waals surface area contributed by atoms with Gasteiger partial charge in [0.15, 0.2) is 0 Å². The van der Waals surface area contributed by atoms with Gasteiger partial charge < -0.3 is 9.63 Å². The van der Waals surface area contributed by atoms with Gasteiger partial charge in [-0.3, -0.25) is 0 Å². The normalized spacial score (nSPS) is 10.9. The Balaban J connectivity index is 2.05. The summed E-state index contributed by atoms with van der Waals surface area (Å²) >= 11 is 0. The molecule has 1 aromatic heterocycles. The molecule has 0 bridgehead atoms. The monoisotopic (exact) mass is 306 g/mol. The summed E-state index contributed by atoms with van der Waals surface area (Å²) in [7, 11) is -3.60. The molecule has 0 unspecified atom stereocenters. The third kappa shape index (κ3) is 4.43. The zero-order chi connectivity index (χ0) is 15.1. The summed E-state index contributed by atoms with van der Waals surface area (Å²) < 4.78 is 31.2. The van der Waals surface area contributed by atoms with Gasteiger partial charge in [-0.1, -0.05) is 17.0 Å². The zero-order valence-corrected chi connectivity index (χ0v) is 11.9. The van der Waals surface area contributed by atoms with Crippen LogP contribution in [0.3, 0.4) is 0 Å². The minimum atomic E-state index is -3.60. The topological polar surface area (TPSA) is 92.4 Å².